The Balaban J connectivity index is 1.31. The molecule has 3 aromatic rings. The van der Waals surface area contributed by atoms with Crippen molar-refractivity contribution in [2.24, 2.45) is 0 Å². The van der Waals surface area contributed by atoms with E-state index in [0.717, 1.165) is 36.5 Å². The predicted molar refractivity (Wildman–Crippen MR) is 111 cm³/mol. The number of H-pyrrole nitrogens is 1. The smallest absolute Gasteiger partial charge is 0.249 e. The summed E-state index contributed by atoms with van der Waals surface area (Å²) in [4.78, 5) is 20.4. The number of aromatic amines is 1. The van der Waals surface area contributed by atoms with E-state index in [1.807, 2.05) is 35.2 Å². The molecule has 29 heavy (non-hydrogen) atoms. The van der Waals surface area contributed by atoms with Crippen molar-refractivity contribution in [3.63, 3.8) is 0 Å². The normalized spacial score (nSPS) is 22.2. The number of hydrogen-bond acceptors (Lipinski definition) is 4. The van der Waals surface area contributed by atoms with Crippen LogP contribution in [0.3, 0.4) is 0 Å². The third-order valence-electron chi connectivity index (χ3n) is 6.03. The molecule has 0 radical (unpaired) electrons. The largest absolute Gasteiger partial charge is 0.497 e. The zero-order valence-electron chi connectivity index (χ0n) is 16.5. The molecule has 2 aliphatic heterocycles. The molecular formula is C23H25N3O3. The first-order valence-electron chi connectivity index (χ1n) is 10.0. The summed E-state index contributed by atoms with van der Waals surface area (Å²) in [6.07, 6.45) is 2.16. The molecule has 2 aliphatic rings. The Morgan fingerprint density at radius 2 is 1.93 bits per heavy atom. The van der Waals surface area contributed by atoms with Gasteiger partial charge in [0, 0.05) is 43.3 Å². The van der Waals surface area contributed by atoms with Crippen molar-refractivity contribution in [3.8, 4) is 5.75 Å². The average Bonchev–Trinajstić information content (AvgIpc) is 3.35. The Morgan fingerprint density at radius 1 is 1.10 bits per heavy atom. The van der Waals surface area contributed by atoms with Crippen LogP contribution in [0, 0.1) is 0 Å². The third kappa shape index (κ3) is 3.50. The summed E-state index contributed by atoms with van der Waals surface area (Å²) in [5.74, 6) is 0.890. The molecule has 150 valence electrons. The average molecular weight is 391 g/mol. The van der Waals surface area contributed by atoms with Crippen LogP contribution in [-0.4, -0.2) is 59.6 Å². The summed E-state index contributed by atoms with van der Waals surface area (Å²) in [5.41, 5.74) is 3.55. The van der Waals surface area contributed by atoms with Gasteiger partial charge in [0.25, 0.3) is 0 Å². The number of nitrogens with one attached hydrogen (secondary N) is 1. The van der Waals surface area contributed by atoms with Crippen LogP contribution < -0.4 is 4.74 Å². The molecule has 2 atom stereocenters. The number of likely N-dealkylation sites (tertiary alicyclic amines) is 1. The van der Waals surface area contributed by atoms with Crippen LogP contribution in [0.15, 0.2) is 54.7 Å². The molecule has 2 fully saturated rings. The maximum atomic E-state index is 12.6. The van der Waals surface area contributed by atoms with Gasteiger partial charge in [0.1, 0.15) is 12.4 Å². The lowest BCUT2D eigenvalue weighted by Crippen LogP contribution is -2.53. The second-order valence-corrected chi connectivity index (χ2v) is 7.84. The van der Waals surface area contributed by atoms with E-state index in [4.69, 9.17) is 9.47 Å². The van der Waals surface area contributed by atoms with Crippen molar-refractivity contribution in [2.45, 2.75) is 25.2 Å². The zero-order chi connectivity index (χ0) is 19.8. The van der Waals surface area contributed by atoms with Crippen molar-refractivity contribution in [3.05, 3.63) is 65.9 Å². The van der Waals surface area contributed by atoms with Gasteiger partial charge in [0.05, 0.1) is 19.3 Å². The summed E-state index contributed by atoms with van der Waals surface area (Å²) in [6.45, 7) is 3.29. The van der Waals surface area contributed by atoms with E-state index in [1.165, 1.54) is 10.9 Å². The number of nitrogens with zero attached hydrogens (tertiary/aromatic N) is 2. The lowest BCUT2D eigenvalue weighted by molar-refractivity contribution is -0.153. The molecule has 6 nitrogen and oxygen atoms in total. The van der Waals surface area contributed by atoms with E-state index in [2.05, 4.69) is 34.3 Å². The molecule has 1 N–H and O–H groups in total. The van der Waals surface area contributed by atoms with E-state index >= 15 is 0 Å². The minimum atomic E-state index is 0.0658. The Bertz CT molecular complexity index is 1010. The van der Waals surface area contributed by atoms with Crippen molar-refractivity contribution >= 4 is 16.8 Å². The molecule has 0 unspecified atom stereocenters. The fourth-order valence-electron chi connectivity index (χ4n) is 4.51. The number of amides is 1. The number of ether oxygens (including phenoxy) is 2. The topological polar surface area (TPSA) is 57.8 Å². The number of hydrogen-bond donors (Lipinski definition) is 1. The zero-order valence-corrected chi connectivity index (χ0v) is 16.5. The highest BCUT2D eigenvalue weighted by molar-refractivity contribution is 5.83. The molecule has 0 bridgehead atoms. The molecule has 0 aliphatic carbocycles. The van der Waals surface area contributed by atoms with Crippen molar-refractivity contribution in [1.82, 2.24) is 14.8 Å². The third-order valence-corrected chi connectivity index (χ3v) is 6.03. The van der Waals surface area contributed by atoms with Crippen molar-refractivity contribution in [2.75, 3.05) is 26.8 Å². The van der Waals surface area contributed by atoms with Gasteiger partial charge in [-0.05, 0) is 29.3 Å². The number of benzene rings is 2. The number of aromatic nitrogens is 1. The first-order valence-corrected chi connectivity index (χ1v) is 10.0. The highest BCUT2D eigenvalue weighted by Gasteiger charge is 2.43. The number of methoxy groups -OCH3 is 1. The van der Waals surface area contributed by atoms with Crippen LogP contribution in [0.25, 0.3) is 10.9 Å². The lowest BCUT2D eigenvalue weighted by atomic mass is 10.1. The van der Waals surface area contributed by atoms with Gasteiger partial charge in [0.15, 0.2) is 0 Å². The fourth-order valence-corrected chi connectivity index (χ4v) is 4.51. The first-order chi connectivity index (χ1) is 14.2. The number of carbonyl (C=O) groups excluding carboxylic acids is 1. The molecule has 2 saturated heterocycles. The second-order valence-electron chi connectivity index (χ2n) is 7.84. The number of carbonyl (C=O) groups is 1. The van der Waals surface area contributed by atoms with Gasteiger partial charge in [-0.25, -0.2) is 0 Å². The minimum absolute atomic E-state index is 0.0658. The van der Waals surface area contributed by atoms with Gasteiger partial charge < -0.3 is 19.4 Å². The van der Waals surface area contributed by atoms with Crippen molar-refractivity contribution in [1.29, 1.82) is 0 Å². The maximum Gasteiger partial charge on any atom is 0.249 e. The van der Waals surface area contributed by atoms with Crippen LogP contribution in [-0.2, 0) is 22.6 Å². The van der Waals surface area contributed by atoms with Gasteiger partial charge in [-0.1, -0.05) is 30.3 Å². The van der Waals surface area contributed by atoms with Gasteiger partial charge >= 0.3 is 0 Å². The quantitative estimate of drug-likeness (QED) is 0.727. The van der Waals surface area contributed by atoms with Crippen molar-refractivity contribution < 1.29 is 14.3 Å². The van der Waals surface area contributed by atoms with E-state index < -0.39 is 0 Å². The van der Waals surface area contributed by atoms with Crippen LogP contribution in [0.1, 0.15) is 11.1 Å². The summed E-state index contributed by atoms with van der Waals surface area (Å²) < 4.78 is 11.1. The Morgan fingerprint density at radius 3 is 2.76 bits per heavy atom. The summed E-state index contributed by atoms with van der Waals surface area (Å²) in [6, 6.07) is 16.4. The van der Waals surface area contributed by atoms with Crippen LogP contribution >= 0.6 is 0 Å². The van der Waals surface area contributed by atoms with Crippen LogP contribution in [0.5, 0.6) is 5.75 Å². The number of fused-ring (bicyclic) bond motifs is 2. The molecule has 6 heteroatoms. The maximum absolute atomic E-state index is 12.6. The molecule has 1 aromatic heterocycles. The molecular weight excluding hydrogens is 366 g/mol. The number of para-hydroxylation sites is 1. The van der Waals surface area contributed by atoms with E-state index in [1.54, 1.807) is 7.11 Å². The summed E-state index contributed by atoms with van der Waals surface area (Å²) in [5, 5.41) is 1.26. The standard InChI is InChI=1S/C23H25N3O3/c1-28-18-8-6-16(7-9-18)11-26-21-13-25(14-22(21)29-15-23(26)27)12-17-10-24-20-5-3-2-4-19(17)20/h2-10,21-22,24H,11-15H2,1H3/t21-,22+/m1/s1. The molecule has 2 aromatic carbocycles. The Kier molecular flexibility index (Phi) is 4.73. The molecule has 5 rings (SSSR count). The van der Waals surface area contributed by atoms with E-state index in [9.17, 15) is 4.79 Å². The van der Waals surface area contributed by atoms with Gasteiger partial charge in [-0.15, -0.1) is 0 Å². The minimum Gasteiger partial charge on any atom is -0.497 e. The van der Waals surface area contributed by atoms with Crippen LogP contribution in [0.4, 0.5) is 0 Å². The van der Waals surface area contributed by atoms with E-state index in [0.29, 0.717) is 6.54 Å². The van der Waals surface area contributed by atoms with Crippen LogP contribution in [0.2, 0.25) is 0 Å². The number of morpholine rings is 1. The predicted octanol–water partition coefficient (Wildman–Crippen LogP) is 2.79. The Hall–Kier alpha value is -2.83. The summed E-state index contributed by atoms with van der Waals surface area (Å²) in [7, 11) is 1.66. The fraction of sp³-hybridized carbons (Fsp3) is 0.348. The molecule has 0 spiro atoms. The second kappa shape index (κ2) is 7.54. The highest BCUT2D eigenvalue weighted by Crippen LogP contribution is 2.28. The molecule has 0 saturated carbocycles. The first kappa shape index (κ1) is 18.2. The van der Waals surface area contributed by atoms with Gasteiger partial charge in [0.2, 0.25) is 5.91 Å². The molecule has 1 amide bonds. The van der Waals surface area contributed by atoms with Gasteiger partial charge in [-0.2, -0.15) is 0 Å². The number of rotatable bonds is 5. The summed E-state index contributed by atoms with van der Waals surface area (Å²) >= 11 is 0. The van der Waals surface area contributed by atoms with E-state index in [-0.39, 0.29) is 24.7 Å². The van der Waals surface area contributed by atoms with Gasteiger partial charge in [-0.3, -0.25) is 9.69 Å². The molecule has 3 heterocycles. The Labute approximate surface area is 170 Å². The SMILES string of the molecule is COc1ccc(CN2C(=O)CO[C@H]3CN(Cc4c[nH]c5ccccc45)C[C@H]32)cc1. The monoisotopic (exact) mass is 391 g/mol. The lowest BCUT2D eigenvalue weighted by Gasteiger charge is -2.36. The highest BCUT2D eigenvalue weighted by atomic mass is 16.5.